The number of carbonyl (C=O) groups excluding carboxylic acids is 1. The highest BCUT2D eigenvalue weighted by Gasteiger charge is 2.19. The van der Waals surface area contributed by atoms with Gasteiger partial charge in [0, 0.05) is 24.2 Å². The second kappa shape index (κ2) is 7.22. The van der Waals surface area contributed by atoms with E-state index in [9.17, 15) is 9.59 Å². The molecule has 5 nitrogen and oxygen atoms in total. The molecular formula is C16H24N2O3. The molecule has 0 aliphatic rings. The molecule has 21 heavy (non-hydrogen) atoms. The van der Waals surface area contributed by atoms with E-state index in [0.717, 1.165) is 5.56 Å². The van der Waals surface area contributed by atoms with Gasteiger partial charge in [-0.15, -0.1) is 0 Å². The lowest BCUT2D eigenvalue weighted by Gasteiger charge is -2.24. The van der Waals surface area contributed by atoms with Gasteiger partial charge in [-0.2, -0.15) is 0 Å². The molecule has 0 radical (unpaired) electrons. The largest absolute Gasteiger partial charge is 0.480 e. The molecule has 0 aliphatic carbocycles. The molecule has 0 heterocycles. The molecule has 116 valence electrons. The molecule has 0 saturated carbocycles. The Bertz CT molecular complexity index is 489. The summed E-state index contributed by atoms with van der Waals surface area (Å²) in [7, 11) is 0. The summed E-state index contributed by atoms with van der Waals surface area (Å²) in [6.45, 7) is 8.20. The second-order valence-corrected chi connectivity index (χ2v) is 6.14. The molecule has 0 bridgehead atoms. The van der Waals surface area contributed by atoms with Gasteiger partial charge in [-0.3, -0.25) is 9.59 Å². The molecule has 0 saturated heterocycles. The SMILES string of the molecule is Cc1ccc(N(CC(=O)O)C(=O)CCNC(C)(C)C)cc1. The van der Waals surface area contributed by atoms with E-state index >= 15 is 0 Å². The van der Waals surface area contributed by atoms with Gasteiger partial charge in [-0.05, 0) is 39.8 Å². The summed E-state index contributed by atoms with van der Waals surface area (Å²) in [5, 5.41) is 12.2. The van der Waals surface area contributed by atoms with Crippen LogP contribution in [0.4, 0.5) is 5.69 Å². The van der Waals surface area contributed by atoms with E-state index in [4.69, 9.17) is 5.11 Å². The van der Waals surface area contributed by atoms with Crippen molar-refractivity contribution in [3.05, 3.63) is 29.8 Å². The van der Waals surface area contributed by atoms with E-state index in [1.165, 1.54) is 4.90 Å². The lowest BCUT2D eigenvalue weighted by Crippen LogP contribution is -2.41. The zero-order valence-electron chi connectivity index (χ0n) is 13.1. The standard InChI is InChI=1S/C16H24N2O3/c1-12-5-7-13(8-6-12)18(11-15(20)21)14(19)9-10-17-16(2,3)4/h5-8,17H,9-11H2,1-4H3,(H,20,21). The monoisotopic (exact) mass is 292 g/mol. The molecule has 1 aromatic carbocycles. The third kappa shape index (κ3) is 6.40. The van der Waals surface area contributed by atoms with Crippen LogP contribution in [-0.2, 0) is 9.59 Å². The van der Waals surface area contributed by atoms with E-state index in [1.54, 1.807) is 12.1 Å². The van der Waals surface area contributed by atoms with Crippen LogP contribution in [0, 0.1) is 6.92 Å². The molecule has 0 atom stereocenters. The van der Waals surface area contributed by atoms with Crippen LogP contribution in [0.3, 0.4) is 0 Å². The van der Waals surface area contributed by atoms with Crippen molar-refractivity contribution < 1.29 is 14.7 Å². The summed E-state index contributed by atoms with van der Waals surface area (Å²) in [5.41, 5.74) is 1.61. The topological polar surface area (TPSA) is 69.6 Å². The van der Waals surface area contributed by atoms with E-state index in [-0.39, 0.29) is 24.4 Å². The number of amides is 1. The molecule has 1 rings (SSSR count). The Morgan fingerprint density at radius 3 is 2.24 bits per heavy atom. The van der Waals surface area contributed by atoms with Crippen molar-refractivity contribution in [2.75, 3.05) is 18.0 Å². The van der Waals surface area contributed by atoms with Crippen LogP contribution in [-0.4, -0.2) is 35.6 Å². The Kier molecular flexibility index (Phi) is 5.90. The van der Waals surface area contributed by atoms with E-state index < -0.39 is 5.97 Å². The summed E-state index contributed by atoms with van der Waals surface area (Å²) in [6.07, 6.45) is 0.262. The summed E-state index contributed by atoms with van der Waals surface area (Å²) < 4.78 is 0. The number of aryl methyl sites for hydroxylation is 1. The maximum Gasteiger partial charge on any atom is 0.323 e. The van der Waals surface area contributed by atoms with Crippen molar-refractivity contribution in [2.45, 2.75) is 39.7 Å². The minimum Gasteiger partial charge on any atom is -0.480 e. The van der Waals surface area contributed by atoms with Gasteiger partial charge in [0.15, 0.2) is 0 Å². The van der Waals surface area contributed by atoms with Gasteiger partial charge in [-0.25, -0.2) is 0 Å². The van der Waals surface area contributed by atoms with Gasteiger partial charge in [0.2, 0.25) is 5.91 Å². The number of carboxylic acid groups (broad SMARTS) is 1. The predicted molar refractivity (Wildman–Crippen MR) is 83.5 cm³/mol. The Morgan fingerprint density at radius 1 is 1.19 bits per heavy atom. The van der Waals surface area contributed by atoms with Crippen molar-refractivity contribution >= 4 is 17.6 Å². The molecule has 0 unspecified atom stereocenters. The minimum absolute atomic E-state index is 0.0677. The number of hydrogen-bond acceptors (Lipinski definition) is 3. The minimum atomic E-state index is -1.02. The van der Waals surface area contributed by atoms with Gasteiger partial charge < -0.3 is 15.3 Å². The Hall–Kier alpha value is -1.88. The van der Waals surface area contributed by atoms with Crippen molar-refractivity contribution in [1.29, 1.82) is 0 Å². The summed E-state index contributed by atoms with van der Waals surface area (Å²) in [4.78, 5) is 24.6. The quantitative estimate of drug-likeness (QED) is 0.843. The van der Waals surface area contributed by atoms with Crippen LogP contribution in [0.15, 0.2) is 24.3 Å². The number of anilines is 1. The van der Waals surface area contributed by atoms with Gasteiger partial charge in [0.1, 0.15) is 6.54 Å². The number of carbonyl (C=O) groups is 2. The maximum atomic E-state index is 12.3. The summed E-state index contributed by atoms with van der Waals surface area (Å²) in [6, 6.07) is 7.27. The van der Waals surface area contributed by atoms with Gasteiger partial charge in [0.25, 0.3) is 0 Å². The fraction of sp³-hybridized carbons (Fsp3) is 0.500. The molecule has 0 aromatic heterocycles. The summed E-state index contributed by atoms with van der Waals surface area (Å²) >= 11 is 0. The van der Waals surface area contributed by atoms with Crippen LogP contribution in [0.2, 0.25) is 0 Å². The molecule has 0 fully saturated rings. The van der Waals surface area contributed by atoms with E-state index in [1.807, 2.05) is 39.8 Å². The fourth-order valence-electron chi connectivity index (χ4n) is 1.86. The van der Waals surface area contributed by atoms with Crippen molar-refractivity contribution in [3.8, 4) is 0 Å². The Labute approximate surface area is 126 Å². The number of nitrogens with zero attached hydrogens (tertiary/aromatic N) is 1. The number of carboxylic acids is 1. The first-order chi connectivity index (χ1) is 9.69. The molecule has 5 heteroatoms. The number of aliphatic carboxylic acids is 1. The highest BCUT2D eigenvalue weighted by Crippen LogP contribution is 2.16. The molecule has 1 aromatic rings. The zero-order chi connectivity index (χ0) is 16.0. The van der Waals surface area contributed by atoms with E-state index in [0.29, 0.717) is 12.2 Å². The average Bonchev–Trinajstić information content (AvgIpc) is 2.35. The highest BCUT2D eigenvalue weighted by atomic mass is 16.4. The van der Waals surface area contributed by atoms with Crippen molar-refractivity contribution in [1.82, 2.24) is 5.32 Å². The Balaban J connectivity index is 2.75. The number of benzene rings is 1. The first-order valence-electron chi connectivity index (χ1n) is 7.03. The lowest BCUT2D eigenvalue weighted by molar-refractivity contribution is -0.136. The highest BCUT2D eigenvalue weighted by molar-refractivity contribution is 5.97. The lowest BCUT2D eigenvalue weighted by atomic mass is 10.1. The third-order valence-electron chi connectivity index (χ3n) is 2.93. The third-order valence-corrected chi connectivity index (χ3v) is 2.93. The number of hydrogen-bond donors (Lipinski definition) is 2. The van der Waals surface area contributed by atoms with Crippen LogP contribution in [0.1, 0.15) is 32.8 Å². The second-order valence-electron chi connectivity index (χ2n) is 6.14. The van der Waals surface area contributed by atoms with Crippen LogP contribution < -0.4 is 10.2 Å². The number of rotatable bonds is 6. The first-order valence-corrected chi connectivity index (χ1v) is 7.03. The predicted octanol–water partition coefficient (Wildman–Crippen LogP) is 2.19. The molecule has 1 amide bonds. The number of nitrogens with one attached hydrogen (secondary N) is 1. The van der Waals surface area contributed by atoms with Crippen LogP contribution in [0.5, 0.6) is 0 Å². The van der Waals surface area contributed by atoms with Crippen LogP contribution >= 0.6 is 0 Å². The normalized spacial score (nSPS) is 11.2. The van der Waals surface area contributed by atoms with Gasteiger partial charge >= 0.3 is 5.97 Å². The maximum absolute atomic E-state index is 12.3. The Morgan fingerprint density at radius 2 is 1.76 bits per heavy atom. The van der Waals surface area contributed by atoms with Crippen molar-refractivity contribution in [3.63, 3.8) is 0 Å². The first kappa shape index (κ1) is 17.2. The van der Waals surface area contributed by atoms with Crippen molar-refractivity contribution in [2.24, 2.45) is 0 Å². The molecule has 0 spiro atoms. The molecular weight excluding hydrogens is 268 g/mol. The smallest absolute Gasteiger partial charge is 0.323 e. The van der Waals surface area contributed by atoms with Crippen LogP contribution in [0.25, 0.3) is 0 Å². The summed E-state index contributed by atoms with van der Waals surface area (Å²) in [5.74, 6) is -1.22. The fourth-order valence-corrected chi connectivity index (χ4v) is 1.86. The molecule has 0 aliphatic heterocycles. The van der Waals surface area contributed by atoms with Gasteiger partial charge in [0.05, 0.1) is 0 Å². The van der Waals surface area contributed by atoms with E-state index in [2.05, 4.69) is 5.32 Å². The van der Waals surface area contributed by atoms with Gasteiger partial charge in [-0.1, -0.05) is 17.7 Å². The zero-order valence-corrected chi connectivity index (χ0v) is 13.1. The molecule has 2 N–H and O–H groups in total. The average molecular weight is 292 g/mol.